The van der Waals surface area contributed by atoms with Gasteiger partial charge in [-0.15, -0.1) is 0 Å². The maximum atomic E-state index is 15.2. The maximum absolute atomic E-state index is 15.2. The van der Waals surface area contributed by atoms with E-state index in [1.54, 1.807) is 31.5 Å². The van der Waals surface area contributed by atoms with Crippen molar-refractivity contribution in [1.29, 1.82) is 0 Å². The molecule has 0 saturated heterocycles. The molecule has 5 rings (SSSR count). The number of hydrogen-bond acceptors (Lipinski definition) is 5. The number of fused-ring (bicyclic) bond motifs is 1. The zero-order chi connectivity index (χ0) is 33.8. The molecular weight excluding hydrogens is 598 g/mol. The highest BCUT2D eigenvalue weighted by Gasteiger charge is 2.51. The summed E-state index contributed by atoms with van der Waals surface area (Å²) in [5, 5.41) is 3.44. The van der Waals surface area contributed by atoms with Gasteiger partial charge in [-0.05, 0) is 97.7 Å². The van der Waals surface area contributed by atoms with Gasteiger partial charge in [0.25, 0.3) is 0 Å². The lowest BCUT2D eigenvalue weighted by molar-refractivity contribution is -0.109. The van der Waals surface area contributed by atoms with E-state index in [1.165, 1.54) is 6.07 Å². The molecule has 0 bridgehead atoms. The average Bonchev–Trinajstić information content (AvgIpc) is 3.74. The normalized spacial score (nSPS) is 14.2. The van der Waals surface area contributed by atoms with Crippen LogP contribution in [-0.2, 0) is 4.79 Å². The van der Waals surface area contributed by atoms with E-state index in [9.17, 15) is 18.0 Å². The van der Waals surface area contributed by atoms with E-state index in [2.05, 4.69) is 15.0 Å². The molecule has 1 atom stereocenters. The number of aromatic nitrogens is 2. The minimum atomic E-state index is -2.83. The first-order valence-corrected chi connectivity index (χ1v) is 15.3. The highest BCUT2D eigenvalue weighted by atomic mass is 19.3. The first-order chi connectivity index (χ1) is 21.8. The SMILES string of the molecule is COc1c(C(C)C)cc(C(CNC=O)C2(F)CC2)nc1-c1ccc(F)c(C(C)C)c1.Cc1cnc2c(OC(F)F)cc(C)cc2c1. The predicted octanol–water partition coefficient (Wildman–Crippen LogP) is 8.93. The largest absolute Gasteiger partial charge is 0.494 e. The molecule has 1 N–H and O–H groups in total. The number of methoxy groups -OCH3 is 1. The number of amides is 1. The van der Waals surface area contributed by atoms with Gasteiger partial charge in [-0.3, -0.25) is 9.78 Å². The van der Waals surface area contributed by atoms with Crippen LogP contribution in [0.3, 0.4) is 0 Å². The smallest absolute Gasteiger partial charge is 0.387 e. The number of nitrogens with one attached hydrogen (secondary N) is 1. The Labute approximate surface area is 267 Å². The monoisotopic (exact) mass is 639 g/mol. The molecule has 0 radical (unpaired) electrons. The number of aryl methyl sites for hydroxylation is 2. The standard InChI is InChI=1S/C24H30F2N2O2.C12H11F2NO/c1-14(2)17-10-16(6-7-20(17)25)22-23(30-5)18(15(3)4)11-21(28-22)19(12-27-13-29)24(26)8-9-24;1-7-3-9-4-8(2)6-15-11(9)10(5-7)16-12(13)14/h6-7,10-11,13-15,19H,8-9,12H2,1-5H3,(H,27,29);3-6,12H,1-2H3. The minimum Gasteiger partial charge on any atom is -0.494 e. The van der Waals surface area contributed by atoms with Gasteiger partial charge in [-0.2, -0.15) is 8.78 Å². The average molecular weight is 640 g/mol. The number of ether oxygens (including phenoxy) is 2. The fourth-order valence-corrected chi connectivity index (χ4v) is 5.57. The lowest BCUT2D eigenvalue weighted by atomic mass is 9.90. The first-order valence-electron chi connectivity index (χ1n) is 15.3. The van der Waals surface area contributed by atoms with Crippen LogP contribution in [0.15, 0.2) is 48.7 Å². The Hall–Kier alpha value is -4.21. The third-order valence-electron chi connectivity index (χ3n) is 8.10. The van der Waals surface area contributed by atoms with E-state index in [-0.39, 0.29) is 29.9 Å². The van der Waals surface area contributed by atoms with Crippen LogP contribution < -0.4 is 14.8 Å². The highest BCUT2D eigenvalue weighted by molar-refractivity contribution is 5.85. The minimum absolute atomic E-state index is 0.00816. The van der Waals surface area contributed by atoms with Crippen LogP contribution >= 0.6 is 0 Å². The van der Waals surface area contributed by atoms with Crippen LogP contribution in [0.5, 0.6) is 11.5 Å². The van der Waals surface area contributed by atoms with Gasteiger partial charge in [-0.25, -0.2) is 13.8 Å². The van der Waals surface area contributed by atoms with Gasteiger partial charge in [0.2, 0.25) is 6.41 Å². The van der Waals surface area contributed by atoms with Crippen LogP contribution in [0.2, 0.25) is 0 Å². The predicted molar refractivity (Wildman–Crippen MR) is 172 cm³/mol. The van der Waals surface area contributed by atoms with E-state index in [1.807, 2.05) is 59.7 Å². The summed E-state index contributed by atoms with van der Waals surface area (Å²) in [7, 11) is 1.59. The number of hydrogen-bond donors (Lipinski definition) is 1. The molecule has 2 heterocycles. The van der Waals surface area contributed by atoms with Crippen molar-refractivity contribution < 1.29 is 31.8 Å². The van der Waals surface area contributed by atoms with Crippen molar-refractivity contribution in [3.05, 3.63) is 82.4 Å². The summed E-state index contributed by atoms with van der Waals surface area (Å²) in [5.41, 5.74) is 4.35. The number of pyridine rings is 2. The number of alkyl halides is 3. The van der Waals surface area contributed by atoms with Crippen molar-refractivity contribution in [2.24, 2.45) is 0 Å². The van der Waals surface area contributed by atoms with E-state index in [4.69, 9.17) is 9.72 Å². The van der Waals surface area contributed by atoms with Crippen LogP contribution in [-0.4, -0.2) is 42.3 Å². The molecule has 2 aromatic carbocycles. The van der Waals surface area contributed by atoms with Gasteiger partial charge >= 0.3 is 6.61 Å². The third kappa shape index (κ3) is 7.95. The quantitative estimate of drug-likeness (QED) is 0.131. The number of nitrogens with zero attached hydrogens (tertiary/aromatic N) is 2. The second-order valence-electron chi connectivity index (χ2n) is 12.4. The summed E-state index contributed by atoms with van der Waals surface area (Å²) in [4.78, 5) is 19.8. The Morgan fingerprint density at radius 1 is 0.978 bits per heavy atom. The van der Waals surface area contributed by atoms with Gasteiger partial charge in [0.1, 0.15) is 28.4 Å². The van der Waals surface area contributed by atoms with Gasteiger partial charge in [0.05, 0.1) is 13.0 Å². The third-order valence-corrected chi connectivity index (χ3v) is 8.10. The number of carbonyl (C=O) groups excluding carboxylic acids is 1. The molecular formula is C36H41F4N3O3. The van der Waals surface area contributed by atoms with E-state index < -0.39 is 18.2 Å². The Bertz CT molecular complexity index is 1680. The lowest BCUT2D eigenvalue weighted by Crippen LogP contribution is -2.29. The van der Waals surface area contributed by atoms with Gasteiger partial charge < -0.3 is 14.8 Å². The van der Waals surface area contributed by atoms with Crippen LogP contribution in [0, 0.1) is 19.7 Å². The van der Waals surface area contributed by atoms with Gasteiger partial charge in [-0.1, -0.05) is 27.7 Å². The molecule has 1 amide bonds. The maximum Gasteiger partial charge on any atom is 0.387 e. The molecule has 10 heteroatoms. The Morgan fingerprint density at radius 2 is 1.65 bits per heavy atom. The number of carbonyl (C=O) groups is 1. The van der Waals surface area contributed by atoms with E-state index >= 15 is 4.39 Å². The summed E-state index contributed by atoms with van der Waals surface area (Å²) in [5.74, 6) is 0.0520. The molecule has 0 spiro atoms. The molecule has 46 heavy (non-hydrogen) atoms. The number of benzene rings is 2. The molecule has 0 aliphatic heterocycles. The summed E-state index contributed by atoms with van der Waals surface area (Å²) < 4.78 is 64.1. The molecule has 1 aliphatic carbocycles. The van der Waals surface area contributed by atoms with Crippen LogP contribution in [0.4, 0.5) is 17.6 Å². The summed E-state index contributed by atoms with van der Waals surface area (Å²) in [6.45, 7) is 9.04. The van der Waals surface area contributed by atoms with Crippen LogP contribution in [0.25, 0.3) is 22.2 Å². The number of halogens is 4. The van der Waals surface area contributed by atoms with Crippen molar-refractivity contribution in [3.63, 3.8) is 0 Å². The topological polar surface area (TPSA) is 73.3 Å². The molecule has 246 valence electrons. The van der Waals surface area contributed by atoms with E-state index in [0.29, 0.717) is 47.5 Å². The second-order valence-corrected chi connectivity index (χ2v) is 12.4. The van der Waals surface area contributed by atoms with Crippen molar-refractivity contribution in [2.45, 2.75) is 84.4 Å². The second kappa shape index (κ2) is 14.5. The fraction of sp³-hybridized carbons (Fsp3) is 0.417. The zero-order valence-corrected chi connectivity index (χ0v) is 27.3. The van der Waals surface area contributed by atoms with Crippen molar-refractivity contribution in [3.8, 4) is 22.8 Å². The Balaban J connectivity index is 0.000000252. The number of rotatable bonds is 11. The summed E-state index contributed by atoms with van der Waals surface area (Å²) in [6.07, 6.45) is 3.12. The molecule has 1 aliphatic rings. The van der Waals surface area contributed by atoms with E-state index in [0.717, 1.165) is 27.6 Å². The molecule has 1 fully saturated rings. The molecule has 1 saturated carbocycles. The molecule has 2 aromatic heterocycles. The van der Waals surface area contributed by atoms with Gasteiger partial charge in [0.15, 0.2) is 5.75 Å². The van der Waals surface area contributed by atoms with Crippen LogP contribution in [0.1, 0.15) is 86.2 Å². The Morgan fingerprint density at radius 3 is 2.24 bits per heavy atom. The highest BCUT2D eigenvalue weighted by Crippen LogP contribution is 2.51. The molecule has 6 nitrogen and oxygen atoms in total. The molecule has 4 aromatic rings. The van der Waals surface area contributed by atoms with Crippen molar-refractivity contribution >= 4 is 17.3 Å². The first kappa shape index (κ1) is 34.7. The van der Waals surface area contributed by atoms with Crippen molar-refractivity contribution in [2.75, 3.05) is 13.7 Å². The Kier molecular flexibility index (Phi) is 10.9. The van der Waals surface area contributed by atoms with Gasteiger partial charge in [0, 0.05) is 34.9 Å². The summed E-state index contributed by atoms with van der Waals surface area (Å²) >= 11 is 0. The fourth-order valence-electron chi connectivity index (χ4n) is 5.57. The lowest BCUT2D eigenvalue weighted by Gasteiger charge is -2.24. The summed E-state index contributed by atoms with van der Waals surface area (Å²) in [6, 6.07) is 12.2. The van der Waals surface area contributed by atoms with Crippen molar-refractivity contribution in [1.82, 2.24) is 15.3 Å². The molecule has 1 unspecified atom stereocenters. The zero-order valence-electron chi connectivity index (χ0n) is 27.3.